The van der Waals surface area contributed by atoms with Crippen LogP contribution in [0.25, 0.3) is 0 Å². The number of carbonyl (C=O) groups excluding carboxylic acids is 1. The first-order valence-corrected chi connectivity index (χ1v) is 16.7. The minimum atomic E-state index is -3.27. The molecule has 0 spiro atoms. The number of sulfonamides is 1. The second kappa shape index (κ2) is 14.5. The van der Waals surface area contributed by atoms with E-state index >= 15 is 0 Å². The van der Waals surface area contributed by atoms with E-state index in [4.69, 9.17) is 23.8 Å². The predicted octanol–water partition coefficient (Wildman–Crippen LogP) is 1.93. The van der Waals surface area contributed by atoms with Gasteiger partial charge in [0.15, 0.2) is 22.5 Å². The Kier molecular flexibility index (Phi) is 11.0. The van der Waals surface area contributed by atoms with E-state index in [0.29, 0.717) is 24.3 Å². The van der Waals surface area contributed by atoms with Crippen LogP contribution in [0.5, 0.6) is 0 Å². The van der Waals surface area contributed by atoms with Gasteiger partial charge in [-0.15, -0.1) is 6.42 Å². The van der Waals surface area contributed by atoms with Crippen molar-refractivity contribution in [2.45, 2.75) is 51.2 Å². The lowest BCUT2D eigenvalue weighted by atomic mass is 9.97. The van der Waals surface area contributed by atoms with Crippen LogP contribution >= 0.6 is 11.6 Å². The monoisotopic (exact) mass is 616 g/mol. The van der Waals surface area contributed by atoms with Gasteiger partial charge in [0.1, 0.15) is 0 Å². The molecule has 1 aromatic carbocycles. The fourth-order valence-corrected chi connectivity index (χ4v) is 6.46. The van der Waals surface area contributed by atoms with E-state index in [2.05, 4.69) is 59.7 Å². The summed E-state index contributed by atoms with van der Waals surface area (Å²) in [6.45, 7) is 8.11. The number of nitrogens with two attached hydrogens (primary N) is 1. The Morgan fingerprint density at radius 1 is 1.14 bits per heavy atom. The van der Waals surface area contributed by atoms with Crippen LogP contribution in [0.4, 0.5) is 11.6 Å². The van der Waals surface area contributed by atoms with Crippen LogP contribution in [0.2, 0.25) is 5.15 Å². The summed E-state index contributed by atoms with van der Waals surface area (Å²) in [6.07, 6.45) is 10.2. The SMILES string of the molecule is C#Cc1ccc(CN2CCC(N3CCN(c4nc(N)c(C(=O)NCCCNS(C)(=O)=O)nc4Cl)C[C@@H]3CC)CC2)cc1. The molecule has 42 heavy (non-hydrogen) atoms. The average Bonchev–Trinajstić information content (AvgIpc) is 2.97. The van der Waals surface area contributed by atoms with Gasteiger partial charge >= 0.3 is 0 Å². The molecule has 228 valence electrons. The zero-order valence-corrected chi connectivity index (χ0v) is 25.9. The molecule has 1 amide bonds. The molecule has 4 N–H and O–H groups in total. The van der Waals surface area contributed by atoms with Crippen LogP contribution in [0.15, 0.2) is 24.3 Å². The van der Waals surface area contributed by atoms with Gasteiger partial charge in [0.25, 0.3) is 5.91 Å². The number of nitrogens with one attached hydrogen (secondary N) is 2. The molecule has 2 saturated heterocycles. The first kappa shape index (κ1) is 32.0. The molecule has 0 aliphatic carbocycles. The van der Waals surface area contributed by atoms with Crippen LogP contribution in [-0.2, 0) is 16.6 Å². The van der Waals surface area contributed by atoms with E-state index in [1.54, 1.807) is 0 Å². The summed E-state index contributed by atoms with van der Waals surface area (Å²) >= 11 is 6.53. The molecule has 2 fully saturated rings. The summed E-state index contributed by atoms with van der Waals surface area (Å²) in [5.74, 6) is 2.68. The van der Waals surface area contributed by atoms with Gasteiger partial charge in [0.2, 0.25) is 10.0 Å². The van der Waals surface area contributed by atoms with E-state index in [1.807, 2.05) is 12.1 Å². The number of anilines is 2. The zero-order chi connectivity index (χ0) is 30.3. The molecular weight excluding hydrogens is 576 g/mol. The number of aromatic nitrogens is 2. The van der Waals surface area contributed by atoms with E-state index in [-0.39, 0.29) is 29.8 Å². The first-order valence-electron chi connectivity index (χ1n) is 14.4. The van der Waals surface area contributed by atoms with E-state index < -0.39 is 15.9 Å². The number of nitrogens with zero attached hydrogens (tertiary/aromatic N) is 5. The van der Waals surface area contributed by atoms with E-state index in [1.165, 1.54) is 5.56 Å². The highest BCUT2D eigenvalue weighted by atomic mass is 35.5. The zero-order valence-electron chi connectivity index (χ0n) is 24.4. The summed E-state index contributed by atoms with van der Waals surface area (Å²) in [7, 11) is -3.27. The highest BCUT2D eigenvalue weighted by Gasteiger charge is 2.34. The number of benzene rings is 1. The van der Waals surface area contributed by atoms with Crippen molar-refractivity contribution in [2.75, 3.05) is 62.7 Å². The maximum Gasteiger partial charge on any atom is 0.273 e. The number of terminal acetylenes is 1. The standard InChI is InChI=1S/C29H41ClN8O3S/c1-4-21-7-9-22(10-8-21)19-36-15-11-24(12-16-36)38-18-17-37(20-23(38)5-2)28-26(30)34-25(27(31)35-28)29(39)32-13-6-14-33-42(3,40)41/h1,7-10,23-24,33H,5-6,11-20H2,2-3H3,(H2,31,35)(H,32,39)/t23-/m0/s1. The normalized spacial score (nSPS) is 19.0. The minimum Gasteiger partial charge on any atom is -0.382 e. The number of likely N-dealkylation sites (tertiary alicyclic amines) is 1. The number of piperidine rings is 1. The van der Waals surface area contributed by atoms with Gasteiger partial charge in [-0.2, -0.15) is 0 Å². The summed E-state index contributed by atoms with van der Waals surface area (Å²) in [5, 5.41) is 2.82. The predicted molar refractivity (Wildman–Crippen MR) is 167 cm³/mol. The van der Waals surface area contributed by atoms with Crippen LogP contribution in [-0.4, -0.2) is 98.2 Å². The van der Waals surface area contributed by atoms with Gasteiger partial charge in [-0.1, -0.05) is 36.6 Å². The average molecular weight is 617 g/mol. The molecule has 2 aliphatic rings. The van der Waals surface area contributed by atoms with Crippen LogP contribution in [0.3, 0.4) is 0 Å². The number of hydrogen-bond donors (Lipinski definition) is 3. The lowest BCUT2D eigenvalue weighted by Crippen LogP contribution is -2.58. The fourth-order valence-electron chi connectivity index (χ4n) is 5.70. The lowest BCUT2D eigenvalue weighted by molar-refractivity contribution is 0.0610. The van der Waals surface area contributed by atoms with Crippen LogP contribution in [0.1, 0.15) is 54.2 Å². The highest BCUT2D eigenvalue weighted by Crippen LogP contribution is 2.30. The third-order valence-electron chi connectivity index (χ3n) is 7.93. The molecule has 2 aliphatic heterocycles. The van der Waals surface area contributed by atoms with Crippen molar-refractivity contribution in [2.24, 2.45) is 0 Å². The summed E-state index contributed by atoms with van der Waals surface area (Å²) in [5.41, 5.74) is 8.30. The summed E-state index contributed by atoms with van der Waals surface area (Å²) in [6, 6.07) is 9.12. The molecule has 2 aromatic rings. The van der Waals surface area contributed by atoms with Gasteiger partial charge in [-0.3, -0.25) is 14.6 Å². The van der Waals surface area contributed by atoms with Crippen molar-refractivity contribution in [3.05, 3.63) is 46.2 Å². The topological polar surface area (TPSA) is 137 Å². The number of piperazine rings is 1. The van der Waals surface area contributed by atoms with E-state index in [0.717, 1.165) is 70.4 Å². The van der Waals surface area contributed by atoms with Crippen molar-refractivity contribution in [3.8, 4) is 12.3 Å². The molecule has 0 unspecified atom stereocenters. The van der Waals surface area contributed by atoms with Gasteiger partial charge in [-0.05, 0) is 56.5 Å². The lowest BCUT2D eigenvalue weighted by Gasteiger charge is -2.47. The van der Waals surface area contributed by atoms with E-state index in [9.17, 15) is 13.2 Å². The maximum absolute atomic E-state index is 12.6. The second-order valence-electron chi connectivity index (χ2n) is 10.9. The number of rotatable bonds is 11. The Bertz CT molecular complexity index is 1370. The number of nitrogen functional groups attached to an aromatic ring is 1. The Balaban J connectivity index is 1.30. The number of amides is 1. The number of halogens is 1. The molecule has 0 radical (unpaired) electrons. The smallest absolute Gasteiger partial charge is 0.273 e. The third kappa shape index (κ3) is 8.55. The van der Waals surface area contributed by atoms with Gasteiger partial charge in [0.05, 0.1) is 6.26 Å². The Labute approximate surface area is 254 Å². The van der Waals surface area contributed by atoms with Crippen molar-refractivity contribution in [3.63, 3.8) is 0 Å². The molecule has 13 heteroatoms. The van der Waals surface area contributed by atoms with Gasteiger partial charge in [-0.25, -0.2) is 23.1 Å². The van der Waals surface area contributed by atoms with Gasteiger partial charge < -0.3 is 16.0 Å². The van der Waals surface area contributed by atoms with Crippen molar-refractivity contribution in [1.29, 1.82) is 0 Å². The molecule has 11 nitrogen and oxygen atoms in total. The number of carbonyl (C=O) groups is 1. The largest absolute Gasteiger partial charge is 0.382 e. The Morgan fingerprint density at radius 3 is 2.50 bits per heavy atom. The first-order chi connectivity index (χ1) is 20.1. The number of hydrogen-bond acceptors (Lipinski definition) is 9. The molecule has 1 atom stereocenters. The Hall–Kier alpha value is -2.95. The van der Waals surface area contributed by atoms with Crippen molar-refractivity contribution in [1.82, 2.24) is 29.8 Å². The quantitative estimate of drug-likeness (QED) is 0.255. The molecule has 0 bridgehead atoms. The molecule has 4 rings (SSSR count). The van der Waals surface area contributed by atoms with Gasteiger partial charge in [0, 0.05) is 56.9 Å². The van der Waals surface area contributed by atoms with Crippen LogP contribution in [0, 0.1) is 12.3 Å². The molecular formula is C29H41ClN8O3S. The Morgan fingerprint density at radius 2 is 1.86 bits per heavy atom. The highest BCUT2D eigenvalue weighted by molar-refractivity contribution is 7.88. The fraction of sp³-hybridized carbons (Fsp3) is 0.552. The maximum atomic E-state index is 12.6. The third-order valence-corrected chi connectivity index (χ3v) is 8.92. The van der Waals surface area contributed by atoms with Crippen LogP contribution < -0.4 is 20.7 Å². The molecule has 3 heterocycles. The molecule has 1 aromatic heterocycles. The van der Waals surface area contributed by atoms with Crippen molar-refractivity contribution >= 4 is 39.2 Å². The summed E-state index contributed by atoms with van der Waals surface area (Å²) < 4.78 is 24.7. The summed E-state index contributed by atoms with van der Waals surface area (Å²) in [4.78, 5) is 28.6. The molecule has 0 saturated carbocycles. The minimum absolute atomic E-state index is 0.0120. The van der Waals surface area contributed by atoms with Crippen molar-refractivity contribution < 1.29 is 13.2 Å². The second-order valence-corrected chi connectivity index (χ2v) is 13.1.